The van der Waals surface area contributed by atoms with E-state index in [1.165, 1.54) is 63.7 Å². The first-order chi connectivity index (χ1) is 11.9. The Balaban J connectivity index is 1.25. The highest BCUT2D eigenvalue weighted by atomic mass is 15.1. The molecule has 0 N–H and O–H groups in total. The number of hydrogen-bond donors (Lipinski definition) is 0. The van der Waals surface area contributed by atoms with Crippen LogP contribution in [0.3, 0.4) is 0 Å². The minimum absolute atomic E-state index is 0.866. The van der Waals surface area contributed by atoms with Crippen molar-refractivity contribution < 1.29 is 0 Å². The minimum Gasteiger partial charge on any atom is -0.303 e. The SMILES string of the molecule is c1ccc(CC2CCN(CC3CCc4ccccc4C3)CC2)cc1. The van der Waals surface area contributed by atoms with Gasteiger partial charge in [-0.3, -0.25) is 0 Å². The lowest BCUT2D eigenvalue weighted by molar-refractivity contribution is 0.155. The lowest BCUT2D eigenvalue weighted by atomic mass is 9.83. The van der Waals surface area contributed by atoms with Gasteiger partial charge < -0.3 is 4.90 Å². The molecule has 1 heterocycles. The molecule has 1 fully saturated rings. The molecular formula is C23H29N. The van der Waals surface area contributed by atoms with Crippen LogP contribution in [0.5, 0.6) is 0 Å². The van der Waals surface area contributed by atoms with Crippen molar-refractivity contribution in [1.29, 1.82) is 0 Å². The van der Waals surface area contributed by atoms with Crippen LogP contribution in [-0.4, -0.2) is 24.5 Å². The monoisotopic (exact) mass is 319 g/mol. The maximum absolute atomic E-state index is 2.74. The molecule has 2 aromatic rings. The molecule has 1 unspecified atom stereocenters. The van der Waals surface area contributed by atoms with E-state index in [1.54, 1.807) is 11.1 Å². The van der Waals surface area contributed by atoms with E-state index >= 15 is 0 Å². The quantitative estimate of drug-likeness (QED) is 0.786. The number of hydrogen-bond acceptors (Lipinski definition) is 1. The lowest BCUT2D eigenvalue weighted by Gasteiger charge is -2.35. The molecule has 0 amide bonds. The number of benzene rings is 2. The molecule has 0 bridgehead atoms. The van der Waals surface area contributed by atoms with Crippen molar-refractivity contribution in [2.45, 2.75) is 38.5 Å². The summed E-state index contributed by atoms with van der Waals surface area (Å²) in [5, 5.41) is 0. The maximum Gasteiger partial charge on any atom is 0.00130 e. The fourth-order valence-electron chi connectivity index (χ4n) is 4.61. The van der Waals surface area contributed by atoms with Crippen LogP contribution in [0, 0.1) is 11.8 Å². The molecule has 2 aromatic carbocycles. The molecule has 1 nitrogen and oxygen atoms in total. The number of likely N-dealkylation sites (tertiary alicyclic amines) is 1. The van der Waals surface area contributed by atoms with Crippen molar-refractivity contribution in [1.82, 2.24) is 4.90 Å². The summed E-state index contributed by atoms with van der Waals surface area (Å²) in [6, 6.07) is 20.1. The number of piperidine rings is 1. The van der Waals surface area contributed by atoms with E-state index in [0.717, 1.165) is 11.8 Å². The summed E-state index contributed by atoms with van der Waals surface area (Å²) in [6.07, 6.45) is 7.97. The highest BCUT2D eigenvalue weighted by Gasteiger charge is 2.24. The van der Waals surface area contributed by atoms with Gasteiger partial charge in [-0.1, -0.05) is 54.6 Å². The van der Waals surface area contributed by atoms with Crippen molar-refractivity contribution in [3.8, 4) is 0 Å². The summed E-state index contributed by atoms with van der Waals surface area (Å²) in [6.45, 7) is 3.91. The standard InChI is InChI=1S/C23H29N/c1-2-6-19(7-3-1)16-20-12-14-24(15-13-20)18-21-10-11-22-8-4-5-9-23(22)17-21/h1-9,20-21H,10-18H2. The summed E-state index contributed by atoms with van der Waals surface area (Å²) in [7, 11) is 0. The van der Waals surface area contributed by atoms with Crippen LogP contribution in [0.2, 0.25) is 0 Å². The highest BCUT2D eigenvalue weighted by molar-refractivity contribution is 5.29. The van der Waals surface area contributed by atoms with E-state index in [4.69, 9.17) is 0 Å². The molecule has 2 aliphatic rings. The molecule has 1 aliphatic carbocycles. The topological polar surface area (TPSA) is 3.24 Å². The summed E-state index contributed by atoms with van der Waals surface area (Å²) < 4.78 is 0. The second-order valence-electron chi connectivity index (χ2n) is 7.81. The molecule has 0 spiro atoms. The summed E-state index contributed by atoms with van der Waals surface area (Å²) in [5.41, 5.74) is 4.71. The first-order valence-corrected chi connectivity index (χ1v) is 9.70. The van der Waals surface area contributed by atoms with Gasteiger partial charge in [0.1, 0.15) is 0 Å². The van der Waals surface area contributed by atoms with Gasteiger partial charge in [-0.25, -0.2) is 0 Å². The number of fused-ring (bicyclic) bond motifs is 1. The molecule has 1 atom stereocenters. The van der Waals surface area contributed by atoms with Crippen LogP contribution in [-0.2, 0) is 19.3 Å². The van der Waals surface area contributed by atoms with Crippen molar-refractivity contribution in [2.24, 2.45) is 11.8 Å². The Bertz CT molecular complexity index is 640. The van der Waals surface area contributed by atoms with Gasteiger partial charge in [0.2, 0.25) is 0 Å². The predicted octanol–water partition coefficient (Wildman–Crippen LogP) is 4.75. The van der Waals surface area contributed by atoms with Crippen molar-refractivity contribution in [3.05, 3.63) is 71.3 Å². The third-order valence-electron chi connectivity index (χ3n) is 6.04. The lowest BCUT2D eigenvalue weighted by Crippen LogP contribution is -2.38. The van der Waals surface area contributed by atoms with E-state index in [9.17, 15) is 0 Å². The molecule has 126 valence electrons. The Morgan fingerprint density at radius 3 is 2.25 bits per heavy atom. The number of rotatable bonds is 4. The van der Waals surface area contributed by atoms with Crippen molar-refractivity contribution in [2.75, 3.05) is 19.6 Å². The largest absolute Gasteiger partial charge is 0.303 e. The second-order valence-corrected chi connectivity index (χ2v) is 7.81. The van der Waals surface area contributed by atoms with Gasteiger partial charge in [0, 0.05) is 6.54 Å². The molecule has 24 heavy (non-hydrogen) atoms. The molecule has 0 saturated carbocycles. The van der Waals surface area contributed by atoms with E-state index in [2.05, 4.69) is 59.5 Å². The molecule has 1 aliphatic heterocycles. The van der Waals surface area contributed by atoms with Crippen molar-refractivity contribution in [3.63, 3.8) is 0 Å². The van der Waals surface area contributed by atoms with E-state index < -0.39 is 0 Å². The molecule has 0 radical (unpaired) electrons. The third kappa shape index (κ3) is 3.89. The summed E-state index contributed by atoms with van der Waals surface area (Å²) >= 11 is 0. The summed E-state index contributed by atoms with van der Waals surface area (Å²) in [4.78, 5) is 2.74. The molecule has 0 aromatic heterocycles. The minimum atomic E-state index is 0.866. The maximum atomic E-state index is 2.74. The zero-order valence-corrected chi connectivity index (χ0v) is 14.7. The van der Waals surface area contributed by atoms with E-state index in [1.807, 2.05) is 0 Å². The van der Waals surface area contributed by atoms with Crippen LogP contribution in [0.25, 0.3) is 0 Å². The zero-order valence-electron chi connectivity index (χ0n) is 14.7. The Labute approximate surface area is 146 Å². The van der Waals surface area contributed by atoms with Gasteiger partial charge in [-0.15, -0.1) is 0 Å². The number of aryl methyl sites for hydroxylation is 1. The Kier molecular flexibility index (Phi) is 4.99. The average Bonchev–Trinajstić information content (AvgIpc) is 2.64. The van der Waals surface area contributed by atoms with E-state index in [-0.39, 0.29) is 0 Å². The van der Waals surface area contributed by atoms with Gasteiger partial charge >= 0.3 is 0 Å². The first kappa shape index (κ1) is 15.9. The van der Waals surface area contributed by atoms with Crippen LogP contribution in [0.1, 0.15) is 36.0 Å². The van der Waals surface area contributed by atoms with Gasteiger partial charge in [0.05, 0.1) is 0 Å². The second kappa shape index (κ2) is 7.53. The number of nitrogens with zero attached hydrogens (tertiary/aromatic N) is 1. The fraction of sp³-hybridized carbons (Fsp3) is 0.478. The normalized spacial score (nSPS) is 22.2. The average molecular weight is 319 g/mol. The van der Waals surface area contributed by atoms with Crippen molar-refractivity contribution >= 4 is 0 Å². The Morgan fingerprint density at radius 2 is 1.46 bits per heavy atom. The van der Waals surface area contributed by atoms with Gasteiger partial charge in [0.25, 0.3) is 0 Å². The van der Waals surface area contributed by atoms with Crippen LogP contribution in [0.15, 0.2) is 54.6 Å². The smallest absolute Gasteiger partial charge is 0.00130 e. The van der Waals surface area contributed by atoms with Crippen LogP contribution < -0.4 is 0 Å². The van der Waals surface area contributed by atoms with Crippen LogP contribution >= 0.6 is 0 Å². The third-order valence-corrected chi connectivity index (χ3v) is 6.04. The first-order valence-electron chi connectivity index (χ1n) is 9.70. The fourth-order valence-corrected chi connectivity index (χ4v) is 4.61. The van der Waals surface area contributed by atoms with E-state index in [0.29, 0.717) is 0 Å². The molecule has 1 saturated heterocycles. The molecule has 4 rings (SSSR count). The van der Waals surface area contributed by atoms with Gasteiger partial charge in [-0.2, -0.15) is 0 Å². The highest BCUT2D eigenvalue weighted by Crippen LogP contribution is 2.28. The van der Waals surface area contributed by atoms with Gasteiger partial charge in [0.15, 0.2) is 0 Å². The van der Waals surface area contributed by atoms with Crippen LogP contribution in [0.4, 0.5) is 0 Å². The molecular weight excluding hydrogens is 290 g/mol. The zero-order chi connectivity index (χ0) is 16.2. The Morgan fingerprint density at radius 1 is 0.750 bits per heavy atom. The molecule has 1 heteroatoms. The van der Waals surface area contributed by atoms with Gasteiger partial charge in [-0.05, 0) is 80.1 Å². The predicted molar refractivity (Wildman–Crippen MR) is 101 cm³/mol. The summed E-state index contributed by atoms with van der Waals surface area (Å²) in [5.74, 6) is 1.75. The Hall–Kier alpha value is -1.60.